The molecule has 0 aliphatic carbocycles. The van der Waals surface area contributed by atoms with Gasteiger partial charge in [0, 0.05) is 23.6 Å². The highest BCUT2D eigenvalue weighted by molar-refractivity contribution is 9.10. The van der Waals surface area contributed by atoms with Crippen LogP contribution in [0, 0.1) is 12.8 Å². The molecule has 1 aromatic carbocycles. The van der Waals surface area contributed by atoms with Gasteiger partial charge in [-0.25, -0.2) is 0 Å². The summed E-state index contributed by atoms with van der Waals surface area (Å²) in [5.74, 6) is 0.100. The molecular formula is C15H21BrN2O2. The Labute approximate surface area is 128 Å². The highest BCUT2D eigenvalue weighted by Crippen LogP contribution is 2.16. The maximum absolute atomic E-state index is 12.2. The van der Waals surface area contributed by atoms with Crippen molar-refractivity contribution >= 4 is 27.7 Å². The second-order valence-electron chi connectivity index (χ2n) is 5.38. The molecule has 0 aliphatic heterocycles. The number of carbonyl (C=O) groups is 2. The Bertz CT molecular complexity index is 480. The van der Waals surface area contributed by atoms with Crippen molar-refractivity contribution < 1.29 is 9.59 Å². The molecule has 0 heterocycles. The van der Waals surface area contributed by atoms with Gasteiger partial charge >= 0.3 is 0 Å². The van der Waals surface area contributed by atoms with Gasteiger partial charge in [0.15, 0.2) is 0 Å². The molecule has 110 valence electrons. The maximum Gasteiger partial charge on any atom is 0.254 e. The van der Waals surface area contributed by atoms with Crippen molar-refractivity contribution in [1.82, 2.24) is 10.2 Å². The molecule has 0 spiro atoms. The Kier molecular flexibility index (Phi) is 6.20. The number of hydrogen-bond donors (Lipinski definition) is 1. The van der Waals surface area contributed by atoms with Gasteiger partial charge < -0.3 is 10.2 Å². The molecule has 4 nitrogen and oxygen atoms in total. The van der Waals surface area contributed by atoms with Crippen LogP contribution in [0.3, 0.4) is 0 Å². The third-order valence-electron chi connectivity index (χ3n) is 2.72. The van der Waals surface area contributed by atoms with Crippen LogP contribution >= 0.6 is 15.9 Å². The fourth-order valence-electron chi connectivity index (χ4n) is 1.74. The fraction of sp³-hybridized carbons (Fsp3) is 0.467. The molecule has 5 heteroatoms. The number of hydrogen-bond acceptors (Lipinski definition) is 2. The summed E-state index contributed by atoms with van der Waals surface area (Å²) in [7, 11) is 1.63. The zero-order chi connectivity index (χ0) is 15.3. The summed E-state index contributed by atoms with van der Waals surface area (Å²) in [6, 6.07) is 5.51. The van der Waals surface area contributed by atoms with Gasteiger partial charge in [0.05, 0.1) is 6.54 Å². The molecule has 1 N–H and O–H groups in total. The topological polar surface area (TPSA) is 49.4 Å². The van der Waals surface area contributed by atoms with Crippen LogP contribution in [-0.2, 0) is 4.79 Å². The fourth-order valence-corrected chi connectivity index (χ4v) is 2.35. The van der Waals surface area contributed by atoms with Gasteiger partial charge in [0.1, 0.15) is 0 Å². The normalized spacial score (nSPS) is 10.5. The lowest BCUT2D eigenvalue weighted by Gasteiger charge is -2.18. The van der Waals surface area contributed by atoms with Gasteiger partial charge in [-0.3, -0.25) is 9.59 Å². The monoisotopic (exact) mass is 340 g/mol. The molecular weight excluding hydrogens is 320 g/mol. The summed E-state index contributed by atoms with van der Waals surface area (Å²) in [6.07, 6.45) is 0. The Morgan fingerprint density at radius 1 is 1.30 bits per heavy atom. The number of benzene rings is 1. The van der Waals surface area contributed by atoms with E-state index in [1.54, 1.807) is 13.1 Å². The second-order valence-corrected chi connectivity index (χ2v) is 6.29. The molecule has 0 radical (unpaired) electrons. The van der Waals surface area contributed by atoms with Gasteiger partial charge in [-0.2, -0.15) is 0 Å². The van der Waals surface area contributed by atoms with E-state index in [4.69, 9.17) is 0 Å². The quantitative estimate of drug-likeness (QED) is 0.895. The summed E-state index contributed by atoms with van der Waals surface area (Å²) >= 11 is 3.37. The first-order chi connectivity index (χ1) is 9.29. The van der Waals surface area contributed by atoms with Crippen LogP contribution in [0.4, 0.5) is 0 Å². The molecule has 0 aromatic heterocycles. The second kappa shape index (κ2) is 7.43. The minimum Gasteiger partial charge on any atom is -0.354 e. The first-order valence-electron chi connectivity index (χ1n) is 6.59. The largest absolute Gasteiger partial charge is 0.354 e. The van der Waals surface area contributed by atoms with Crippen LogP contribution < -0.4 is 5.32 Å². The lowest BCUT2D eigenvalue weighted by Crippen LogP contribution is -2.39. The zero-order valence-corrected chi connectivity index (χ0v) is 14.0. The zero-order valence-electron chi connectivity index (χ0n) is 12.4. The van der Waals surface area contributed by atoms with Crippen molar-refractivity contribution in [3.05, 3.63) is 33.8 Å². The van der Waals surface area contributed by atoms with Gasteiger partial charge in [-0.15, -0.1) is 0 Å². The molecule has 0 atom stereocenters. The molecule has 1 rings (SSSR count). The predicted molar refractivity (Wildman–Crippen MR) is 83.7 cm³/mol. The molecule has 2 amide bonds. The van der Waals surface area contributed by atoms with Gasteiger partial charge in [-0.1, -0.05) is 29.8 Å². The van der Waals surface area contributed by atoms with Crippen LogP contribution in [0.25, 0.3) is 0 Å². The van der Waals surface area contributed by atoms with Crippen LogP contribution in [0.5, 0.6) is 0 Å². The summed E-state index contributed by atoms with van der Waals surface area (Å²) in [5.41, 5.74) is 1.58. The molecule has 0 unspecified atom stereocenters. The smallest absolute Gasteiger partial charge is 0.254 e. The van der Waals surface area contributed by atoms with E-state index < -0.39 is 0 Å². The number of nitrogens with one attached hydrogen (secondary N) is 1. The molecule has 0 saturated heterocycles. The third kappa shape index (κ3) is 5.33. The Morgan fingerprint density at radius 2 is 1.95 bits per heavy atom. The van der Waals surface area contributed by atoms with Crippen molar-refractivity contribution in [2.24, 2.45) is 5.92 Å². The minimum absolute atomic E-state index is 0.0666. The summed E-state index contributed by atoms with van der Waals surface area (Å²) in [6.45, 7) is 6.67. The van der Waals surface area contributed by atoms with E-state index in [0.717, 1.165) is 10.0 Å². The van der Waals surface area contributed by atoms with E-state index in [1.807, 2.05) is 32.9 Å². The number of nitrogens with zero attached hydrogens (tertiary/aromatic N) is 1. The van der Waals surface area contributed by atoms with Crippen LogP contribution in [0.15, 0.2) is 22.7 Å². The number of halogens is 1. The highest BCUT2D eigenvalue weighted by Gasteiger charge is 2.15. The SMILES string of the molecule is Cc1cc(Br)cc(C(=O)N(C)CC(=O)NCC(C)C)c1. The van der Waals surface area contributed by atoms with Crippen molar-refractivity contribution in [3.8, 4) is 0 Å². The average Bonchev–Trinajstić information content (AvgIpc) is 2.34. The first kappa shape index (κ1) is 16.7. The van der Waals surface area contributed by atoms with Crippen LogP contribution in [-0.4, -0.2) is 36.9 Å². The Morgan fingerprint density at radius 3 is 2.50 bits per heavy atom. The molecule has 20 heavy (non-hydrogen) atoms. The summed E-state index contributed by atoms with van der Waals surface area (Å²) in [4.78, 5) is 25.4. The van der Waals surface area contributed by atoms with Gasteiger partial charge in [0.2, 0.25) is 5.91 Å². The number of aryl methyl sites for hydroxylation is 1. The van der Waals surface area contributed by atoms with Crippen molar-refractivity contribution in [2.75, 3.05) is 20.1 Å². The number of carbonyl (C=O) groups excluding carboxylic acids is 2. The van der Waals surface area contributed by atoms with Crippen molar-refractivity contribution in [1.29, 1.82) is 0 Å². The molecule has 0 fully saturated rings. The Balaban J connectivity index is 2.64. The van der Waals surface area contributed by atoms with Crippen LogP contribution in [0.1, 0.15) is 29.8 Å². The van der Waals surface area contributed by atoms with Crippen LogP contribution in [0.2, 0.25) is 0 Å². The first-order valence-corrected chi connectivity index (χ1v) is 7.38. The molecule has 0 saturated carbocycles. The summed E-state index contributed by atoms with van der Waals surface area (Å²) < 4.78 is 0.860. The molecule has 1 aromatic rings. The van der Waals surface area contributed by atoms with E-state index >= 15 is 0 Å². The van der Waals surface area contributed by atoms with Crippen molar-refractivity contribution in [3.63, 3.8) is 0 Å². The summed E-state index contributed by atoms with van der Waals surface area (Å²) in [5, 5.41) is 2.80. The minimum atomic E-state index is -0.158. The standard InChI is InChI=1S/C15H21BrN2O2/c1-10(2)8-17-14(19)9-18(4)15(20)12-5-11(3)6-13(16)7-12/h5-7,10H,8-9H2,1-4H3,(H,17,19). The van der Waals surface area contributed by atoms with E-state index in [9.17, 15) is 9.59 Å². The Hall–Kier alpha value is -1.36. The lowest BCUT2D eigenvalue weighted by atomic mass is 10.1. The van der Waals surface area contributed by atoms with E-state index in [2.05, 4.69) is 21.2 Å². The van der Waals surface area contributed by atoms with Gasteiger partial charge in [-0.05, 0) is 36.6 Å². The predicted octanol–water partition coefficient (Wildman–Crippen LogP) is 2.60. The molecule has 0 aliphatic rings. The number of rotatable bonds is 5. The van der Waals surface area contributed by atoms with Gasteiger partial charge in [0.25, 0.3) is 5.91 Å². The average molecular weight is 341 g/mol. The van der Waals surface area contributed by atoms with Crippen molar-refractivity contribution in [2.45, 2.75) is 20.8 Å². The lowest BCUT2D eigenvalue weighted by molar-refractivity contribution is -0.121. The number of likely N-dealkylation sites (N-methyl/N-ethyl adjacent to an activating group) is 1. The van der Waals surface area contributed by atoms with E-state index in [1.165, 1.54) is 4.90 Å². The van der Waals surface area contributed by atoms with E-state index in [0.29, 0.717) is 18.0 Å². The highest BCUT2D eigenvalue weighted by atomic mass is 79.9. The third-order valence-corrected chi connectivity index (χ3v) is 3.18. The number of amides is 2. The maximum atomic E-state index is 12.2. The van der Waals surface area contributed by atoms with E-state index in [-0.39, 0.29) is 18.4 Å². The molecule has 0 bridgehead atoms.